The van der Waals surface area contributed by atoms with Crippen LogP contribution in [0.25, 0.3) is 0 Å². The topological polar surface area (TPSA) is 6.48 Å². The highest BCUT2D eigenvalue weighted by atomic mass is 19.1. The SMILES string of the molecule is Fc1ccccc1N1CCN(C[C@H]2C[C@H]3C=C[C@H]2C3)CC1. The molecule has 1 saturated heterocycles. The van der Waals surface area contributed by atoms with Crippen molar-refractivity contribution in [3.05, 3.63) is 42.2 Å². The lowest BCUT2D eigenvalue weighted by Gasteiger charge is -2.38. The Morgan fingerprint density at radius 3 is 2.48 bits per heavy atom. The van der Waals surface area contributed by atoms with Gasteiger partial charge in [-0.05, 0) is 42.7 Å². The summed E-state index contributed by atoms with van der Waals surface area (Å²) in [5.41, 5.74) is 0.764. The van der Waals surface area contributed by atoms with Gasteiger partial charge in [-0.1, -0.05) is 24.3 Å². The summed E-state index contributed by atoms with van der Waals surface area (Å²) in [6, 6.07) is 7.14. The fourth-order valence-electron chi connectivity index (χ4n) is 4.32. The minimum atomic E-state index is -0.0933. The maximum Gasteiger partial charge on any atom is 0.146 e. The van der Waals surface area contributed by atoms with Gasteiger partial charge >= 0.3 is 0 Å². The number of anilines is 1. The number of hydrogen-bond donors (Lipinski definition) is 0. The molecule has 1 saturated carbocycles. The van der Waals surface area contributed by atoms with E-state index in [2.05, 4.69) is 22.0 Å². The first-order valence-electron chi connectivity index (χ1n) is 8.20. The van der Waals surface area contributed by atoms with Crippen molar-refractivity contribution in [3.8, 4) is 0 Å². The van der Waals surface area contributed by atoms with Crippen LogP contribution in [-0.4, -0.2) is 37.6 Å². The van der Waals surface area contributed by atoms with Gasteiger partial charge in [-0.2, -0.15) is 0 Å². The van der Waals surface area contributed by atoms with Crippen LogP contribution < -0.4 is 4.90 Å². The zero-order valence-electron chi connectivity index (χ0n) is 12.4. The molecule has 0 unspecified atom stereocenters. The van der Waals surface area contributed by atoms with Gasteiger partial charge in [0, 0.05) is 32.7 Å². The fraction of sp³-hybridized carbons (Fsp3) is 0.556. The third kappa shape index (κ3) is 2.59. The molecule has 1 aliphatic heterocycles. The number of rotatable bonds is 3. The zero-order chi connectivity index (χ0) is 14.2. The average Bonchev–Trinajstić information content (AvgIpc) is 3.11. The van der Waals surface area contributed by atoms with Gasteiger partial charge in [-0.25, -0.2) is 4.39 Å². The van der Waals surface area contributed by atoms with Gasteiger partial charge in [0.05, 0.1) is 5.69 Å². The van der Waals surface area contributed by atoms with Crippen LogP contribution in [0.5, 0.6) is 0 Å². The van der Waals surface area contributed by atoms with Crippen molar-refractivity contribution in [1.82, 2.24) is 4.90 Å². The first-order valence-corrected chi connectivity index (χ1v) is 8.20. The molecule has 0 spiro atoms. The molecule has 112 valence electrons. The minimum absolute atomic E-state index is 0.0933. The molecule has 3 aliphatic rings. The molecule has 0 N–H and O–H groups in total. The number of para-hydroxylation sites is 1. The molecule has 0 aromatic heterocycles. The molecule has 1 heterocycles. The maximum atomic E-state index is 13.8. The molecule has 1 aromatic carbocycles. The van der Waals surface area contributed by atoms with Crippen molar-refractivity contribution in [2.75, 3.05) is 37.6 Å². The van der Waals surface area contributed by atoms with Gasteiger partial charge in [-0.15, -0.1) is 0 Å². The van der Waals surface area contributed by atoms with Crippen LogP contribution in [0.4, 0.5) is 10.1 Å². The Bertz CT molecular complexity index is 534. The lowest BCUT2D eigenvalue weighted by atomic mass is 9.93. The number of halogens is 1. The van der Waals surface area contributed by atoms with Gasteiger partial charge in [0.25, 0.3) is 0 Å². The predicted octanol–water partition coefficient (Wildman–Crippen LogP) is 3.16. The molecule has 2 fully saturated rings. The van der Waals surface area contributed by atoms with E-state index < -0.39 is 0 Å². The molecule has 0 amide bonds. The molecule has 2 nitrogen and oxygen atoms in total. The maximum absolute atomic E-state index is 13.8. The predicted molar refractivity (Wildman–Crippen MR) is 83.9 cm³/mol. The molecule has 4 rings (SSSR count). The highest BCUT2D eigenvalue weighted by Crippen LogP contribution is 2.43. The number of piperazine rings is 1. The van der Waals surface area contributed by atoms with Crippen LogP contribution in [0.3, 0.4) is 0 Å². The van der Waals surface area contributed by atoms with Gasteiger partial charge in [-0.3, -0.25) is 4.90 Å². The standard InChI is InChI=1S/C18H23FN2/c19-17-3-1-2-4-18(17)21-9-7-20(8-10-21)13-16-12-14-5-6-15(16)11-14/h1-6,14-16H,7-13H2/t14-,15-,16+/m0/s1. The van der Waals surface area contributed by atoms with E-state index in [1.165, 1.54) is 19.4 Å². The Labute approximate surface area is 126 Å². The van der Waals surface area contributed by atoms with Crippen molar-refractivity contribution in [2.45, 2.75) is 12.8 Å². The normalized spacial score (nSPS) is 32.0. The van der Waals surface area contributed by atoms with Crippen LogP contribution in [0.2, 0.25) is 0 Å². The second-order valence-electron chi connectivity index (χ2n) is 6.78. The van der Waals surface area contributed by atoms with Gasteiger partial charge in [0.15, 0.2) is 0 Å². The molecule has 1 aromatic rings. The highest BCUT2D eigenvalue weighted by Gasteiger charge is 2.36. The Morgan fingerprint density at radius 1 is 1.00 bits per heavy atom. The molecule has 21 heavy (non-hydrogen) atoms. The van der Waals surface area contributed by atoms with Crippen LogP contribution in [0.15, 0.2) is 36.4 Å². The summed E-state index contributed by atoms with van der Waals surface area (Å²) in [7, 11) is 0. The Hall–Kier alpha value is -1.35. The lowest BCUT2D eigenvalue weighted by Crippen LogP contribution is -2.48. The van der Waals surface area contributed by atoms with Crippen molar-refractivity contribution in [3.63, 3.8) is 0 Å². The first kappa shape index (κ1) is 13.3. The smallest absolute Gasteiger partial charge is 0.146 e. The number of benzene rings is 1. The minimum Gasteiger partial charge on any atom is -0.367 e. The highest BCUT2D eigenvalue weighted by molar-refractivity contribution is 5.47. The summed E-state index contributed by atoms with van der Waals surface area (Å²) < 4.78 is 13.8. The molecule has 3 heteroatoms. The van der Waals surface area contributed by atoms with Crippen LogP contribution in [-0.2, 0) is 0 Å². The summed E-state index contributed by atoms with van der Waals surface area (Å²) in [6.07, 6.45) is 7.63. The summed E-state index contributed by atoms with van der Waals surface area (Å²) in [5.74, 6) is 2.46. The number of hydrogen-bond acceptors (Lipinski definition) is 2. The Morgan fingerprint density at radius 2 is 1.81 bits per heavy atom. The molecule has 2 aliphatic carbocycles. The van der Waals surface area contributed by atoms with E-state index in [0.29, 0.717) is 0 Å². The average molecular weight is 286 g/mol. The van der Waals surface area contributed by atoms with E-state index in [0.717, 1.165) is 49.6 Å². The molecular weight excluding hydrogens is 263 g/mol. The van der Waals surface area contributed by atoms with E-state index in [9.17, 15) is 4.39 Å². The zero-order valence-corrected chi connectivity index (χ0v) is 12.4. The van der Waals surface area contributed by atoms with Gasteiger partial charge in [0.1, 0.15) is 5.82 Å². The third-order valence-corrected chi connectivity index (χ3v) is 5.47. The second kappa shape index (κ2) is 5.45. The quantitative estimate of drug-likeness (QED) is 0.788. The monoisotopic (exact) mass is 286 g/mol. The van der Waals surface area contributed by atoms with E-state index in [-0.39, 0.29) is 5.82 Å². The summed E-state index contributed by atoms with van der Waals surface area (Å²) in [4.78, 5) is 4.77. The largest absolute Gasteiger partial charge is 0.367 e. The van der Waals surface area contributed by atoms with Crippen molar-refractivity contribution in [1.29, 1.82) is 0 Å². The first-order chi connectivity index (χ1) is 10.3. The van der Waals surface area contributed by atoms with E-state index >= 15 is 0 Å². The third-order valence-electron chi connectivity index (χ3n) is 5.47. The van der Waals surface area contributed by atoms with Crippen molar-refractivity contribution in [2.24, 2.45) is 17.8 Å². The number of nitrogens with zero attached hydrogens (tertiary/aromatic N) is 2. The van der Waals surface area contributed by atoms with E-state index in [1.807, 2.05) is 12.1 Å². The number of fused-ring (bicyclic) bond motifs is 2. The Kier molecular flexibility index (Phi) is 3.46. The molecular formula is C18H23FN2. The fourth-order valence-corrected chi connectivity index (χ4v) is 4.32. The van der Waals surface area contributed by atoms with Crippen LogP contribution >= 0.6 is 0 Å². The van der Waals surface area contributed by atoms with Crippen molar-refractivity contribution < 1.29 is 4.39 Å². The Balaban J connectivity index is 1.33. The van der Waals surface area contributed by atoms with Gasteiger partial charge in [0.2, 0.25) is 0 Å². The molecule has 0 radical (unpaired) electrons. The van der Waals surface area contributed by atoms with Crippen LogP contribution in [0, 0.1) is 23.6 Å². The summed E-state index contributed by atoms with van der Waals surface area (Å²) in [6.45, 7) is 5.24. The van der Waals surface area contributed by atoms with Crippen molar-refractivity contribution >= 4 is 5.69 Å². The molecule has 3 atom stereocenters. The van der Waals surface area contributed by atoms with E-state index in [4.69, 9.17) is 0 Å². The van der Waals surface area contributed by atoms with Crippen LogP contribution in [0.1, 0.15) is 12.8 Å². The summed E-state index contributed by atoms with van der Waals surface area (Å²) >= 11 is 0. The summed E-state index contributed by atoms with van der Waals surface area (Å²) in [5, 5.41) is 0. The lowest BCUT2D eigenvalue weighted by molar-refractivity contribution is 0.204. The second-order valence-corrected chi connectivity index (χ2v) is 6.78. The molecule has 2 bridgehead atoms. The van der Waals surface area contributed by atoms with E-state index in [1.54, 1.807) is 12.1 Å². The van der Waals surface area contributed by atoms with Gasteiger partial charge < -0.3 is 4.90 Å². The number of allylic oxidation sites excluding steroid dienone is 2.